The summed E-state index contributed by atoms with van der Waals surface area (Å²) in [4.78, 5) is 22.7. The van der Waals surface area contributed by atoms with Gasteiger partial charge in [-0.05, 0) is 19.9 Å². The fraction of sp³-hybridized carbons (Fsp3) is 0.231. The van der Waals surface area contributed by atoms with Gasteiger partial charge in [0.2, 0.25) is 5.75 Å². The van der Waals surface area contributed by atoms with Crippen LogP contribution in [0.5, 0.6) is 5.75 Å². The molecule has 0 unspecified atom stereocenters. The number of aromatic nitrogens is 2. The lowest BCUT2D eigenvalue weighted by atomic mass is 10.1. The van der Waals surface area contributed by atoms with Crippen LogP contribution in [0.1, 0.15) is 23.0 Å². The van der Waals surface area contributed by atoms with Gasteiger partial charge in [-0.15, -0.1) is 0 Å². The Bertz CT molecular complexity index is 681. The second-order valence-corrected chi connectivity index (χ2v) is 4.23. The average molecular weight is 290 g/mol. The van der Waals surface area contributed by atoms with Crippen molar-refractivity contribution in [1.82, 2.24) is 10.2 Å². The summed E-state index contributed by atoms with van der Waals surface area (Å²) in [5, 5.41) is 20.1. The first-order valence-electron chi connectivity index (χ1n) is 6.26. The summed E-state index contributed by atoms with van der Waals surface area (Å²) in [7, 11) is 0. The maximum absolute atomic E-state index is 12.2. The van der Waals surface area contributed by atoms with E-state index in [1.54, 1.807) is 19.9 Å². The highest BCUT2D eigenvalue weighted by Crippen LogP contribution is 2.31. The third-order valence-corrected chi connectivity index (χ3v) is 2.67. The van der Waals surface area contributed by atoms with Gasteiger partial charge in [0.1, 0.15) is 0 Å². The highest BCUT2D eigenvalue weighted by molar-refractivity contribution is 6.06. The van der Waals surface area contributed by atoms with Gasteiger partial charge < -0.3 is 10.1 Å². The van der Waals surface area contributed by atoms with Crippen LogP contribution in [-0.2, 0) is 0 Å². The zero-order valence-corrected chi connectivity index (χ0v) is 11.5. The summed E-state index contributed by atoms with van der Waals surface area (Å²) in [5.41, 5.74) is 0.629. The van der Waals surface area contributed by atoms with Gasteiger partial charge in [-0.3, -0.25) is 20.0 Å². The fourth-order valence-electron chi connectivity index (χ4n) is 1.81. The van der Waals surface area contributed by atoms with Crippen LogP contribution in [0.25, 0.3) is 0 Å². The molecule has 0 saturated heterocycles. The number of nitrogens with zero attached hydrogens (tertiary/aromatic N) is 2. The number of hydrogen-bond donors (Lipinski definition) is 2. The number of carbonyl (C=O) groups is 1. The van der Waals surface area contributed by atoms with Crippen molar-refractivity contribution >= 4 is 17.4 Å². The Morgan fingerprint density at radius 3 is 2.86 bits per heavy atom. The number of amides is 1. The van der Waals surface area contributed by atoms with Crippen molar-refractivity contribution in [1.29, 1.82) is 0 Å². The van der Waals surface area contributed by atoms with Crippen LogP contribution in [0, 0.1) is 17.0 Å². The monoisotopic (exact) mass is 290 g/mol. The van der Waals surface area contributed by atoms with E-state index in [1.165, 1.54) is 18.2 Å². The number of aromatic amines is 1. The first-order valence-corrected chi connectivity index (χ1v) is 6.26. The highest BCUT2D eigenvalue weighted by atomic mass is 16.6. The zero-order valence-electron chi connectivity index (χ0n) is 11.5. The number of para-hydroxylation sites is 1. The molecule has 1 amide bonds. The van der Waals surface area contributed by atoms with E-state index in [4.69, 9.17) is 4.74 Å². The van der Waals surface area contributed by atoms with E-state index in [-0.39, 0.29) is 23.6 Å². The van der Waals surface area contributed by atoms with E-state index < -0.39 is 10.8 Å². The van der Waals surface area contributed by atoms with E-state index in [1.807, 2.05) is 0 Å². The number of benzene rings is 1. The number of aryl methyl sites for hydroxylation is 1. The molecule has 0 aliphatic heterocycles. The minimum atomic E-state index is -0.583. The third-order valence-electron chi connectivity index (χ3n) is 2.67. The summed E-state index contributed by atoms with van der Waals surface area (Å²) < 4.78 is 5.26. The van der Waals surface area contributed by atoms with Crippen LogP contribution in [0.15, 0.2) is 24.3 Å². The Kier molecular flexibility index (Phi) is 4.17. The number of H-pyrrole nitrogens is 1. The number of rotatable bonds is 5. The number of anilines is 1. The lowest BCUT2D eigenvalue weighted by Crippen LogP contribution is -2.14. The molecule has 0 aliphatic carbocycles. The molecule has 21 heavy (non-hydrogen) atoms. The smallest absolute Gasteiger partial charge is 0.311 e. The largest absolute Gasteiger partial charge is 0.487 e. The van der Waals surface area contributed by atoms with Gasteiger partial charge >= 0.3 is 5.69 Å². The predicted octanol–water partition coefficient (Wildman–Crippen LogP) is 2.28. The Morgan fingerprint density at radius 1 is 1.52 bits per heavy atom. The second-order valence-electron chi connectivity index (χ2n) is 4.23. The van der Waals surface area contributed by atoms with Gasteiger partial charge in [-0.1, -0.05) is 6.07 Å². The van der Waals surface area contributed by atoms with Gasteiger partial charge in [-0.2, -0.15) is 5.10 Å². The molecule has 0 saturated carbocycles. The molecule has 0 bridgehead atoms. The molecule has 0 radical (unpaired) electrons. The fourth-order valence-corrected chi connectivity index (χ4v) is 1.81. The summed E-state index contributed by atoms with van der Waals surface area (Å²) in [5.74, 6) is -0.227. The minimum absolute atomic E-state index is 0.0465. The molecule has 0 fully saturated rings. The third kappa shape index (κ3) is 3.16. The molecular formula is C13H14N4O4. The maximum atomic E-state index is 12.2. The van der Waals surface area contributed by atoms with Crippen LogP contribution in [0.2, 0.25) is 0 Å². The topological polar surface area (TPSA) is 110 Å². The van der Waals surface area contributed by atoms with Crippen LogP contribution in [-0.4, -0.2) is 27.6 Å². The molecule has 2 aromatic rings. The molecule has 1 aromatic heterocycles. The van der Waals surface area contributed by atoms with Crippen molar-refractivity contribution in [3.8, 4) is 5.75 Å². The van der Waals surface area contributed by atoms with Crippen molar-refractivity contribution in [3.63, 3.8) is 0 Å². The summed E-state index contributed by atoms with van der Waals surface area (Å²) in [6.45, 7) is 3.70. The maximum Gasteiger partial charge on any atom is 0.311 e. The Balaban J connectivity index is 2.35. The van der Waals surface area contributed by atoms with E-state index >= 15 is 0 Å². The normalized spacial score (nSPS) is 10.2. The van der Waals surface area contributed by atoms with E-state index in [0.29, 0.717) is 5.82 Å². The molecule has 2 rings (SSSR count). The van der Waals surface area contributed by atoms with Gasteiger partial charge in [0.15, 0.2) is 5.82 Å². The van der Waals surface area contributed by atoms with E-state index in [9.17, 15) is 14.9 Å². The molecule has 2 N–H and O–H groups in total. The number of hydrogen-bond acceptors (Lipinski definition) is 5. The quantitative estimate of drug-likeness (QED) is 0.648. The average Bonchev–Trinajstić information content (AvgIpc) is 2.84. The first-order chi connectivity index (χ1) is 10.0. The molecule has 0 atom stereocenters. The molecule has 1 aromatic carbocycles. The van der Waals surface area contributed by atoms with Crippen molar-refractivity contribution in [2.45, 2.75) is 13.8 Å². The van der Waals surface area contributed by atoms with Gasteiger partial charge in [0.25, 0.3) is 5.91 Å². The Morgan fingerprint density at radius 2 is 2.29 bits per heavy atom. The molecular weight excluding hydrogens is 276 g/mol. The Hall–Kier alpha value is -2.90. The number of nitro benzene ring substituents is 1. The lowest BCUT2D eigenvalue weighted by molar-refractivity contribution is -0.385. The van der Waals surface area contributed by atoms with Gasteiger partial charge in [-0.25, -0.2) is 0 Å². The highest BCUT2D eigenvalue weighted by Gasteiger charge is 2.23. The summed E-state index contributed by atoms with van der Waals surface area (Å²) >= 11 is 0. The van der Waals surface area contributed by atoms with Crippen molar-refractivity contribution < 1.29 is 14.5 Å². The minimum Gasteiger partial charge on any atom is -0.487 e. The van der Waals surface area contributed by atoms with Crippen molar-refractivity contribution in [3.05, 3.63) is 45.6 Å². The molecule has 0 aliphatic rings. The first kappa shape index (κ1) is 14.5. The van der Waals surface area contributed by atoms with Crippen LogP contribution < -0.4 is 10.1 Å². The zero-order chi connectivity index (χ0) is 15.4. The Labute approximate surface area is 120 Å². The molecule has 0 spiro atoms. The van der Waals surface area contributed by atoms with Crippen LogP contribution in [0.3, 0.4) is 0 Å². The van der Waals surface area contributed by atoms with Crippen molar-refractivity contribution in [2.75, 3.05) is 11.9 Å². The van der Waals surface area contributed by atoms with Gasteiger partial charge in [0, 0.05) is 17.8 Å². The molecule has 8 nitrogen and oxygen atoms in total. The second kappa shape index (κ2) is 6.04. The standard InChI is InChI=1S/C13H14N4O4/c1-3-21-12-9(5-4-6-10(12)17(19)20)13(18)14-11-7-8(2)15-16-11/h4-7H,3H2,1-2H3,(H2,14,15,16,18). The SMILES string of the molecule is CCOc1c(C(=O)Nc2cc(C)[nH]n2)cccc1[N+](=O)[O-]. The van der Waals surface area contributed by atoms with Crippen LogP contribution >= 0.6 is 0 Å². The van der Waals surface area contributed by atoms with Gasteiger partial charge in [0.05, 0.1) is 17.1 Å². The number of nitrogens with one attached hydrogen (secondary N) is 2. The lowest BCUT2D eigenvalue weighted by Gasteiger charge is -2.09. The summed E-state index contributed by atoms with van der Waals surface area (Å²) in [6, 6.07) is 5.84. The van der Waals surface area contributed by atoms with Crippen LogP contribution in [0.4, 0.5) is 11.5 Å². The number of carbonyl (C=O) groups excluding carboxylic acids is 1. The molecule has 8 heteroatoms. The number of ether oxygens (including phenoxy) is 1. The number of nitro groups is 1. The molecule has 110 valence electrons. The predicted molar refractivity (Wildman–Crippen MR) is 75.5 cm³/mol. The van der Waals surface area contributed by atoms with E-state index in [2.05, 4.69) is 15.5 Å². The molecule has 1 heterocycles. The summed E-state index contributed by atoms with van der Waals surface area (Å²) in [6.07, 6.45) is 0. The van der Waals surface area contributed by atoms with E-state index in [0.717, 1.165) is 5.69 Å². The van der Waals surface area contributed by atoms with Crippen molar-refractivity contribution in [2.24, 2.45) is 0 Å².